The molecule has 0 aromatic heterocycles. The molecule has 0 heterocycles. The summed E-state index contributed by atoms with van der Waals surface area (Å²) in [5.41, 5.74) is 1.01. The van der Waals surface area contributed by atoms with E-state index >= 15 is 0 Å². The van der Waals surface area contributed by atoms with Gasteiger partial charge in [-0.25, -0.2) is 0 Å². The number of methoxy groups -OCH3 is 1. The van der Waals surface area contributed by atoms with Gasteiger partial charge in [-0.05, 0) is 6.07 Å². The number of aliphatic hydroxyl groups excluding tert-OH is 1. The van der Waals surface area contributed by atoms with Crippen LogP contribution in [0.4, 0.5) is 0 Å². The van der Waals surface area contributed by atoms with Crippen LogP contribution in [0.2, 0.25) is 5.02 Å². The molecule has 5 heteroatoms. The molecule has 0 saturated carbocycles. The smallest absolute Gasteiger partial charge is 0.142 e. The van der Waals surface area contributed by atoms with Crippen molar-refractivity contribution in [1.29, 1.82) is 0 Å². The van der Waals surface area contributed by atoms with Gasteiger partial charge in [0.25, 0.3) is 0 Å². The third-order valence-electron chi connectivity index (χ3n) is 2.67. The number of hydrogen-bond acceptors (Lipinski definition) is 4. The van der Waals surface area contributed by atoms with E-state index in [1.165, 1.54) is 0 Å². The monoisotopic (exact) mass is 287 g/mol. The Hall–Kier alpha value is -0.810. The maximum Gasteiger partial charge on any atom is 0.142 e. The lowest BCUT2D eigenvalue weighted by atomic mass is 10.2. The summed E-state index contributed by atoms with van der Waals surface area (Å²) in [5, 5.41) is 12.9. The zero-order valence-corrected chi connectivity index (χ0v) is 12.2. The molecule has 1 aromatic carbocycles. The summed E-state index contributed by atoms with van der Waals surface area (Å²) >= 11 is 6.16. The van der Waals surface area contributed by atoms with E-state index in [-0.39, 0.29) is 12.5 Å². The zero-order valence-electron chi connectivity index (χ0n) is 11.5. The Morgan fingerprint density at radius 2 is 2.21 bits per heavy atom. The van der Waals surface area contributed by atoms with Crippen molar-refractivity contribution < 1.29 is 14.6 Å². The van der Waals surface area contributed by atoms with Gasteiger partial charge in [0.15, 0.2) is 0 Å². The molecule has 0 aliphatic carbocycles. The van der Waals surface area contributed by atoms with Crippen LogP contribution < -0.4 is 10.1 Å². The second kappa shape index (κ2) is 9.15. The molecule has 1 rings (SSSR count). The molecule has 0 aliphatic heterocycles. The number of rotatable bonds is 9. The normalized spacial score (nSPS) is 12.4. The van der Waals surface area contributed by atoms with E-state index in [0.29, 0.717) is 30.5 Å². The summed E-state index contributed by atoms with van der Waals surface area (Å²) in [4.78, 5) is 0. The molecule has 0 amide bonds. The van der Waals surface area contributed by atoms with Crippen LogP contribution in [0.3, 0.4) is 0 Å². The van der Waals surface area contributed by atoms with Crippen molar-refractivity contribution in [3.63, 3.8) is 0 Å². The Balaban J connectivity index is 2.61. The lowest BCUT2D eigenvalue weighted by molar-refractivity contribution is 0.173. The first kappa shape index (κ1) is 16.2. The topological polar surface area (TPSA) is 50.7 Å². The van der Waals surface area contributed by atoms with E-state index < -0.39 is 0 Å². The predicted molar refractivity (Wildman–Crippen MR) is 76.8 cm³/mol. The van der Waals surface area contributed by atoms with Crippen LogP contribution >= 0.6 is 11.6 Å². The minimum Gasteiger partial charge on any atom is -0.491 e. The van der Waals surface area contributed by atoms with Gasteiger partial charge < -0.3 is 19.9 Å². The molecular formula is C14H22ClNO3. The van der Waals surface area contributed by atoms with Gasteiger partial charge in [0.05, 0.1) is 18.2 Å². The maximum absolute atomic E-state index is 9.01. The quantitative estimate of drug-likeness (QED) is 0.683. The second-order valence-electron chi connectivity index (χ2n) is 4.50. The van der Waals surface area contributed by atoms with Gasteiger partial charge >= 0.3 is 0 Å². The van der Waals surface area contributed by atoms with E-state index in [9.17, 15) is 0 Å². The van der Waals surface area contributed by atoms with Crippen molar-refractivity contribution in [1.82, 2.24) is 5.32 Å². The van der Waals surface area contributed by atoms with Crippen LogP contribution in [-0.4, -0.2) is 38.6 Å². The average Bonchev–Trinajstić information content (AvgIpc) is 2.42. The van der Waals surface area contributed by atoms with Crippen LogP contribution in [-0.2, 0) is 11.3 Å². The fourth-order valence-electron chi connectivity index (χ4n) is 1.53. The fourth-order valence-corrected chi connectivity index (χ4v) is 1.78. The molecular weight excluding hydrogens is 266 g/mol. The van der Waals surface area contributed by atoms with E-state index in [1.54, 1.807) is 13.2 Å². The molecule has 0 aliphatic rings. The first-order valence-corrected chi connectivity index (χ1v) is 6.77. The lowest BCUT2D eigenvalue weighted by Crippen LogP contribution is -2.20. The third kappa shape index (κ3) is 5.78. The van der Waals surface area contributed by atoms with Gasteiger partial charge in [0.2, 0.25) is 0 Å². The highest BCUT2D eigenvalue weighted by atomic mass is 35.5. The van der Waals surface area contributed by atoms with Gasteiger partial charge in [-0.1, -0.05) is 30.7 Å². The fraction of sp³-hybridized carbons (Fsp3) is 0.571. The summed E-state index contributed by atoms with van der Waals surface area (Å²) in [5.74, 6) is 0.778. The first-order valence-electron chi connectivity index (χ1n) is 6.39. The Morgan fingerprint density at radius 3 is 2.89 bits per heavy atom. The number of ether oxygens (including phenoxy) is 2. The SMILES string of the molecule is COCCNCc1cccc(Cl)c1OCC(C)CO. The molecule has 0 fully saturated rings. The lowest BCUT2D eigenvalue weighted by Gasteiger charge is -2.16. The Kier molecular flexibility index (Phi) is 7.82. The van der Waals surface area contributed by atoms with Crippen molar-refractivity contribution in [2.24, 2.45) is 5.92 Å². The molecule has 19 heavy (non-hydrogen) atoms. The molecule has 0 saturated heterocycles. The average molecular weight is 288 g/mol. The predicted octanol–water partition coefficient (Wildman–Crippen LogP) is 2.08. The standard InChI is InChI=1S/C14H22ClNO3/c1-11(9-17)10-19-14-12(4-3-5-13(14)15)8-16-6-7-18-2/h3-5,11,16-17H,6-10H2,1-2H3. The van der Waals surface area contributed by atoms with Crippen molar-refractivity contribution in [3.8, 4) is 5.75 Å². The summed E-state index contributed by atoms with van der Waals surface area (Å²) < 4.78 is 10.7. The number of benzene rings is 1. The largest absolute Gasteiger partial charge is 0.491 e. The van der Waals surface area contributed by atoms with Crippen LogP contribution in [0.25, 0.3) is 0 Å². The summed E-state index contributed by atoms with van der Waals surface area (Å²) in [6.07, 6.45) is 0. The summed E-state index contributed by atoms with van der Waals surface area (Å²) in [6, 6.07) is 5.68. The molecule has 1 unspecified atom stereocenters. The number of aliphatic hydroxyl groups is 1. The zero-order chi connectivity index (χ0) is 14.1. The van der Waals surface area contributed by atoms with Gasteiger partial charge in [0, 0.05) is 38.3 Å². The number of hydrogen-bond donors (Lipinski definition) is 2. The highest BCUT2D eigenvalue weighted by molar-refractivity contribution is 6.32. The third-order valence-corrected chi connectivity index (χ3v) is 2.97. The van der Waals surface area contributed by atoms with Crippen molar-refractivity contribution in [3.05, 3.63) is 28.8 Å². The highest BCUT2D eigenvalue weighted by Crippen LogP contribution is 2.29. The molecule has 0 bridgehead atoms. The molecule has 1 atom stereocenters. The highest BCUT2D eigenvalue weighted by Gasteiger charge is 2.10. The minimum atomic E-state index is 0.0885. The van der Waals surface area contributed by atoms with Gasteiger partial charge in [-0.2, -0.15) is 0 Å². The molecule has 4 nitrogen and oxygen atoms in total. The summed E-state index contributed by atoms with van der Waals surface area (Å²) in [7, 11) is 1.67. The Bertz CT molecular complexity index is 374. The number of halogens is 1. The minimum absolute atomic E-state index is 0.0885. The number of para-hydroxylation sites is 1. The van der Waals surface area contributed by atoms with Crippen molar-refractivity contribution >= 4 is 11.6 Å². The van der Waals surface area contributed by atoms with Crippen LogP contribution in [0.5, 0.6) is 5.75 Å². The van der Waals surface area contributed by atoms with Gasteiger partial charge in [-0.3, -0.25) is 0 Å². The van der Waals surface area contributed by atoms with E-state index in [0.717, 1.165) is 12.1 Å². The summed E-state index contributed by atoms with van der Waals surface area (Å²) in [6.45, 7) is 4.59. The molecule has 108 valence electrons. The van der Waals surface area contributed by atoms with Gasteiger partial charge in [0.1, 0.15) is 5.75 Å². The Morgan fingerprint density at radius 1 is 1.42 bits per heavy atom. The Labute approximate surface area is 119 Å². The van der Waals surface area contributed by atoms with E-state index in [4.69, 9.17) is 26.2 Å². The molecule has 0 spiro atoms. The first-order chi connectivity index (χ1) is 9.19. The molecule has 0 radical (unpaired) electrons. The van der Waals surface area contributed by atoms with Gasteiger partial charge in [-0.15, -0.1) is 0 Å². The molecule has 1 aromatic rings. The van der Waals surface area contributed by atoms with Crippen molar-refractivity contribution in [2.75, 3.05) is 33.5 Å². The maximum atomic E-state index is 9.01. The van der Waals surface area contributed by atoms with Crippen LogP contribution in [0.15, 0.2) is 18.2 Å². The van der Waals surface area contributed by atoms with E-state index in [2.05, 4.69) is 5.32 Å². The molecule has 2 N–H and O–H groups in total. The van der Waals surface area contributed by atoms with Crippen molar-refractivity contribution in [2.45, 2.75) is 13.5 Å². The number of nitrogens with one attached hydrogen (secondary N) is 1. The van der Waals surface area contributed by atoms with Crippen LogP contribution in [0.1, 0.15) is 12.5 Å². The van der Waals surface area contributed by atoms with E-state index in [1.807, 2.05) is 19.1 Å². The second-order valence-corrected chi connectivity index (χ2v) is 4.90. The van der Waals surface area contributed by atoms with Crippen LogP contribution in [0, 0.1) is 5.92 Å².